The lowest BCUT2D eigenvalue weighted by Gasteiger charge is -2.30. The Bertz CT molecular complexity index is 944. The molecule has 2 aliphatic rings. The summed E-state index contributed by atoms with van der Waals surface area (Å²) in [5, 5.41) is 6.77. The first-order valence-electron chi connectivity index (χ1n) is 11.8. The van der Waals surface area contributed by atoms with Gasteiger partial charge in [-0.05, 0) is 69.4 Å². The topological polar surface area (TPSA) is 85.1 Å². The summed E-state index contributed by atoms with van der Waals surface area (Å²) in [6.45, 7) is 3.28. The molecule has 1 heterocycles. The third-order valence-electron chi connectivity index (χ3n) is 6.72. The van der Waals surface area contributed by atoms with Crippen molar-refractivity contribution in [3.8, 4) is 5.75 Å². The van der Waals surface area contributed by atoms with Crippen molar-refractivity contribution in [3.63, 3.8) is 0 Å². The third-order valence-corrected chi connectivity index (χ3v) is 6.72. The highest BCUT2D eigenvalue weighted by atomic mass is 19.4. The number of ether oxygens (including phenoxy) is 1. The first-order valence-corrected chi connectivity index (χ1v) is 11.8. The van der Waals surface area contributed by atoms with Crippen LogP contribution in [0, 0.1) is 5.92 Å². The van der Waals surface area contributed by atoms with Gasteiger partial charge < -0.3 is 21.1 Å². The molecule has 4 rings (SSSR count). The molecule has 6 nitrogen and oxygen atoms in total. The standard InChI is InChI=1S/C24H32F3N5O/c1-15-5-4-7-19-21(15)22(28)32-23(31-19)30-18-11-9-16(10-12-18)13-29-14-17-6-2-3-8-20(17)33-24(25,26)27/h2-3,6,8,15-16,18,29H,4-5,7,9-14H2,1H3,(H3,28,30,31,32)/t15?,16-,18+. The second-order valence-electron chi connectivity index (χ2n) is 9.23. The molecule has 1 aromatic heterocycles. The van der Waals surface area contributed by atoms with Gasteiger partial charge in [-0.15, -0.1) is 13.2 Å². The predicted octanol–water partition coefficient (Wildman–Crippen LogP) is 5.16. The van der Waals surface area contributed by atoms with E-state index in [1.54, 1.807) is 18.2 Å². The van der Waals surface area contributed by atoms with Crippen LogP contribution in [0.2, 0.25) is 0 Å². The van der Waals surface area contributed by atoms with E-state index in [0.29, 0.717) is 41.8 Å². The lowest BCUT2D eigenvalue weighted by molar-refractivity contribution is -0.274. The van der Waals surface area contributed by atoms with E-state index in [2.05, 4.69) is 27.3 Å². The number of fused-ring (bicyclic) bond motifs is 1. The van der Waals surface area contributed by atoms with E-state index < -0.39 is 6.36 Å². The molecule has 2 aliphatic carbocycles. The average Bonchev–Trinajstić information content (AvgIpc) is 2.75. The third kappa shape index (κ3) is 6.28. The van der Waals surface area contributed by atoms with E-state index in [1.165, 1.54) is 6.07 Å². The number of rotatable bonds is 7. The molecule has 1 fully saturated rings. The number of hydrogen-bond acceptors (Lipinski definition) is 6. The zero-order chi connectivity index (χ0) is 23.4. The number of aryl methyl sites for hydroxylation is 1. The highest BCUT2D eigenvalue weighted by molar-refractivity contribution is 5.50. The Morgan fingerprint density at radius 3 is 2.61 bits per heavy atom. The van der Waals surface area contributed by atoms with Gasteiger partial charge in [0.25, 0.3) is 0 Å². The molecule has 33 heavy (non-hydrogen) atoms. The van der Waals surface area contributed by atoms with E-state index in [4.69, 9.17) is 10.7 Å². The van der Waals surface area contributed by atoms with Crippen molar-refractivity contribution in [2.45, 2.75) is 76.7 Å². The smallest absolute Gasteiger partial charge is 0.405 e. The molecule has 9 heteroatoms. The molecule has 0 spiro atoms. The average molecular weight is 464 g/mol. The molecule has 1 unspecified atom stereocenters. The van der Waals surface area contributed by atoms with Crippen LogP contribution in [-0.4, -0.2) is 28.9 Å². The highest BCUT2D eigenvalue weighted by Gasteiger charge is 2.32. The number of hydrogen-bond donors (Lipinski definition) is 3. The molecule has 0 saturated heterocycles. The molecule has 1 atom stereocenters. The van der Waals surface area contributed by atoms with E-state index in [1.807, 2.05) is 0 Å². The Morgan fingerprint density at radius 1 is 1.09 bits per heavy atom. The van der Waals surface area contributed by atoms with Crippen LogP contribution in [0.5, 0.6) is 5.75 Å². The molecular formula is C24H32F3N5O. The number of nitrogens with two attached hydrogens (primary N) is 1. The van der Waals surface area contributed by atoms with E-state index in [9.17, 15) is 13.2 Å². The first kappa shape index (κ1) is 23.6. The van der Waals surface area contributed by atoms with Gasteiger partial charge in [-0.1, -0.05) is 25.1 Å². The summed E-state index contributed by atoms with van der Waals surface area (Å²) in [4.78, 5) is 9.27. The Hall–Kier alpha value is -2.55. The summed E-state index contributed by atoms with van der Waals surface area (Å²) in [7, 11) is 0. The summed E-state index contributed by atoms with van der Waals surface area (Å²) < 4.78 is 41.9. The maximum atomic E-state index is 12.6. The fourth-order valence-electron chi connectivity index (χ4n) is 5.03. The first-order chi connectivity index (χ1) is 15.8. The fraction of sp³-hybridized carbons (Fsp3) is 0.583. The molecule has 0 amide bonds. The number of nitrogens with one attached hydrogen (secondary N) is 2. The molecule has 2 aromatic rings. The highest BCUT2D eigenvalue weighted by Crippen LogP contribution is 2.34. The SMILES string of the molecule is CC1CCCc2nc(N[C@H]3CC[C@@H](CNCc4ccccc4OC(F)(F)F)CC3)nc(N)c21. The van der Waals surface area contributed by atoms with Crippen LogP contribution in [-0.2, 0) is 13.0 Å². The molecule has 180 valence electrons. The van der Waals surface area contributed by atoms with Crippen LogP contribution < -0.4 is 21.1 Å². The molecule has 0 radical (unpaired) electrons. The summed E-state index contributed by atoms with van der Waals surface area (Å²) in [5.74, 6) is 1.97. The lowest BCUT2D eigenvalue weighted by atomic mass is 9.86. The normalized spacial score (nSPS) is 23.1. The van der Waals surface area contributed by atoms with Gasteiger partial charge in [-0.3, -0.25) is 0 Å². The van der Waals surface area contributed by atoms with E-state index in [-0.39, 0.29) is 5.75 Å². The number of halogens is 3. The number of benzene rings is 1. The van der Waals surface area contributed by atoms with Gasteiger partial charge in [-0.2, -0.15) is 4.98 Å². The number of aromatic nitrogens is 2. The number of para-hydroxylation sites is 1. The van der Waals surface area contributed by atoms with Gasteiger partial charge in [0.2, 0.25) is 5.95 Å². The van der Waals surface area contributed by atoms with E-state index in [0.717, 1.165) is 62.7 Å². The maximum Gasteiger partial charge on any atom is 0.573 e. The summed E-state index contributed by atoms with van der Waals surface area (Å²) in [6, 6.07) is 6.56. The monoisotopic (exact) mass is 463 g/mol. The Balaban J connectivity index is 1.24. The van der Waals surface area contributed by atoms with Crippen LogP contribution in [0.15, 0.2) is 24.3 Å². The second-order valence-corrected chi connectivity index (χ2v) is 9.23. The van der Waals surface area contributed by atoms with Crippen LogP contribution in [0.3, 0.4) is 0 Å². The van der Waals surface area contributed by atoms with Gasteiger partial charge in [0.05, 0.1) is 5.69 Å². The van der Waals surface area contributed by atoms with Crippen molar-refractivity contribution >= 4 is 11.8 Å². The minimum absolute atomic E-state index is 0.149. The van der Waals surface area contributed by atoms with Gasteiger partial charge in [0, 0.05) is 23.7 Å². The van der Waals surface area contributed by atoms with Crippen LogP contribution in [0.25, 0.3) is 0 Å². The molecular weight excluding hydrogens is 431 g/mol. The van der Waals surface area contributed by atoms with Crippen molar-refractivity contribution in [3.05, 3.63) is 41.1 Å². The van der Waals surface area contributed by atoms with Crippen molar-refractivity contribution in [1.82, 2.24) is 15.3 Å². The van der Waals surface area contributed by atoms with Gasteiger partial charge in [0.1, 0.15) is 11.6 Å². The second kappa shape index (κ2) is 10.2. The molecule has 1 aromatic carbocycles. The minimum atomic E-state index is -4.69. The minimum Gasteiger partial charge on any atom is -0.405 e. The zero-order valence-electron chi connectivity index (χ0n) is 18.9. The van der Waals surface area contributed by atoms with Gasteiger partial charge >= 0.3 is 6.36 Å². The quantitative estimate of drug-likeness (QED) is 0.526. The van der Waals surface area contributed by atoms with Crippen LogP contribution >= 0.6 is 0 Å². The predicted molar refractivity (Wildman–Crippen MR) is 122 cm³/mol. The lowest BCUT2D eigenvalue weighted by Crippen LogP contribution is -2.32. The maximum absolute atomic E-state index is 12.6. The number of anilines is 2. The van der Waals surface area contributed by atoms with E-state index >= 15 is 0 Å². The Kier molecular flexibility index (Phi) is 7.26. The van der Waals surface area contributed by atoms with Crippen molar-refractivity contribution in [2.75, 3.05) is 17.6 Å². The largest absolute Gasteiger partial charge is 0.573 e. The number of alkyl halides is 3. The Labute approximate surface area is 192 Å². The van der Waals surface area contributed by atoms with Crippen molar-refractivity contribution in [1.29, 1.82) is 0 Å². The number of nitrogens with zero attached hydrogens (tertiary/aromatic N) is 2. The summed E-state index contributed by atoms with van der Waals surface area (Å²) in [5.41, 5.74) is 8.93. The summed E-state index contributed by atoms with van der Waals surface area (Å²) >= 11 is 0. The molecule has 4 N–H and O–H groups in total. The van der Waals surface area contributed by atoms with Crippen molar-refractivity contribution < 1.29 is 17.9 Å². The molecule has 0 bridgehead atoms. The van der Waals surface area contributed by atoms with Gasteiger partial charge in [0.15, 0.2) is 0 Å². The van der Waals surface area contributed by atoms with Crippen LogP contribution in [0.1, 0.15) is 68.2 Å². The number of nitrogen functional groups attached to an aromatic ring is 1. The Morgan fingerprint density at radius 2 is 1.85 bits per heavy atom. The molecule has 1 saturated carbocycles. The fourth-order valence-corrected chi connectivity index (χ4v) is 5.03. The van der Waals surface area contributed by atoms with Crippen molar-refractivity contribution in [2.24, 2.45) is 5.92 Å². The summed E-state index contributed by atoms with van der Waals surface area (Å²) in [6.07, 6.45) is 2.59. The van der Waals surface area contributed by atoms with Gasteiger partial charge in [-0.25, -0.2) is 4.98 Å². The molecule has 0 aliphatic heterocycles. The van der Waals surface area contributed by atoms with Crippen LogP contribution in [0.4, 0.5) is 24.9 Å². The zero-order valence-corrected chi connectivity index (χ0v) is 18.9.